The van der Waals surface area contributed by atoms with Gasteiger partial charge in [-0.2, -0.15) is 0 Å². The molecule has 0 saturated carbocycles. The predicted molar refractivity (Wildman–Crippen MR) is 113 cm³/mol. The molecule has 3 aliphatic rings. The van der Waals surface area contributed by atoms with Crippen molar-refractivity contribution in [3.8, 4) is 5.95 Å². The number of hydrogen-bond acceptors (Lipinski definition) is 7. The van der Waals surface area contributed by atoms with Crippen molar-refractivity contribution in [3.63, 3.8) is 0 Å². The zero-order valence-electron chi connectivity index (χ0n) is 17.1. The van der Waals surface area contributed by atoms with Crippen molar-refractivity contribution in [1.82, 2.24) is 0 Å². The number of fused-ring (bicyclic) bond motifs is 3. The molecule has 28 heavy (non-hydrogen) atoms. The molecule has 2 aliphatic carbocycles. The van der Waals surface area contributed by atoms with Gasteiger partial charge < -0.3 is 18.6 Å². The van der Waals surface area contributed by atoms with Crippen LogP contribution < -0.4 is 4.74 Å². The summed E-state index contributed by atoms with van der Waals surface area (Å²) in [6, 6.07) is 0. The van der Waals surface area contributed by atoms with E-state index >= 15 is 0 Å². The average molecular weight is 425 g/mol. The first-order valence-corrected chi connectivity index (χ1v) is 11.7. The molecule has 1 spiro atoms. The van der Waals surface area contributed by atoms with Crippen molar-refractivity contribution in [2.45, 2.75) is 50.4 Å². The number of methoxy groups -OCH3 is 2. The summed E-state index contributed by atoms with van der Waals surface area (Å²) in [4.78, 5) is 11.9. The molecule has 1 saturated heterocycles. The van der Waals surface area contributed by atoms with Crippen LogP contribution in [0.2, 0.25) is 0 Å². The molecule has 7 heteroatoms. The highest BCUT2D eigenvalue weighted by Gasteiger charge is 2.52. The third-order valence-corrected chi connectivity index (χ3v) is 9.88. The third kappa shape index (κ3) is 3.10. The molecule has 1 aromatic rings. The van der Waals surface area contributed by atoms with Gasteiger partial charge in [-0.25, -0.2) is 0 Å². The number of furan rings is 1. The largest absolute Gasteiger partial charge is 0.468 e. The molecule has 1 fully saturated rings. The van der Waals surface area contributed by atoms with Crippen LogP contribution in [0.4, 0.5) is 0 Å². The number of carbonyl (C=O) groups is 1. The molecule has 2 heterocycles. The number of ether oxygens (including phenoxy) is 3. The first-order chi connectivity index (χ1) is 13.4. The highest BCUT2D eigenvalue weighted by atomic mass is 32.2. The second-order valence-corrected chi connectivity index (χ2v) is 10.9. The molecule has 5 nitrogen and oxygen atoms in total. The van der Waals surface area contributed by atoms with Crippen LogP contribution in [0.15, 0.2) is 9.99 Å². The SMILES string of the molecule is COCc1c(OC)oc2c1C(OC(C)=O)C[C@H](C)[C@H]1CC3(SCCS3)C(C)=C21. The fourth-order valence-corrected chi connectivity index (χ4v) is 8.42. The van der Waals surface area contributed by atoms with E-state index in [0.29, 0.717) is 24.4 Å². The molecule has 1 aromatic heterocycles. The minimum Gasteiger partial charge on any atom is -0.468 e. The van der Waals surface area contributed by atoms with E-state index in [1.165, 1.54) is 29.6 Å². The molecule has 4 rings (SSSR count). The Kier molecular flexibility index (Phi) is 5.53. The number of thioether (sulfide) groups is 2. The molecule has 3 atom stereocenters. The first kappa shape index (κ1) is 20.2. The minimum absolute atomic E-state index is 0.154. The van der Waals surface area contributed by atoms with Gasteiger partial charge in [0.15, 0.2) is 0 Å². The van der Waals surface area contributed by atoms with E-state index in [-0.39, 0.29) is 16.2 Å². The Hall–Kier alpha value is -1.05. The number of esters is 1. The van der Waals surface area contributed by atoms with Crippen LogP contribution in [0.5, 0.6) is 5.95 Å². The summed E-state index contributed by atoms with van der Waals surface area (Å²) in [7, 11) is 3.26. The van der Waals surface area contributed by atoms with Gasteiger partial charge in [0.25, 0.3) is 5.95 Å². The summed E-state index contributed by atoms with van der Waals surface area (Å²) >= 11 is 4.14. The van der Waals surface area contributed by atoms with Crippen molar-refractivity contribution in [3.05, 3.63) is 22.5 Å². The summed E-state index contributed by atoms with van der Waals surface area (Å²) < 4.78 is 23.2. The lowest BCUT2D eigenvalue weighted by molar-refractivity contribution is -0.147. The highest BCUT2D eigenvalue weighted by molar-refractivity contribution is 8.21. The van der Waals surface area contributed by atoms with Gasteiger partial charge in [-0.05, 0) is 42.7 Å². The molecule has 1 unspecified atom stereocenters. The quantitative estimate of drug-likeness (QED) is 0.627. The second kappa shape index (κ2) is 7.65. The van der Waals surface area contributed by atoms with Gasteiger partial charge in [-0.3, -0.25) is 4.79 Å². The van der Waals surface area contributed by atoms with Crippen molar-refractivity contribution >= 4 is 35.1 Å². The number of allylic oxidation sites excluding steroid dienone is 1. The molecule has 0 aromatic carbocycles. The summed E-state index contributed by atoms with van der Waals surface area (Å²) in [6.45, 7) is 6.36. The van der Waals surface area contributed by atoms with Crippen molar-refractivity contribution < 1.29 is 23.4 Å². The lowest BCUT2D eigenvalue weighted by Gasteiger charge is -2.27. The molecule has 0 bridgehead atoms. The fourth-order valence-electron chi connectivity index (χ4n) is 5.01. The number of hydrogen-bond donors (Lipinski definition) is 0. The lowest BCUT2D eigenvalue weighted by Crippen LogP contribution is -2.20. The summed E-state index contributed by atoms with van der Waals surface area (Å²) in [5, 5.41) is 0. The van der Waals surface area contributed by atoms with Gasteiger partial charge in [0.05, 0.1) is 23.4 Å². The standard InChI is InChI=1S/C21H28O5S2/c1-11-8-16(25-13(3)22)18-15(10-23-4)20(24-5)26-19(18)17-12(2)21(9-14(11)17)27-6-7-28-21/h11,14,16H,6-10H2,1-5H3/t11-,14+,16?/m0/s1. The fraction of sp³-hybridized carbons (Fsp3) is 0.667. The minimum atomic E-state index is -0.342. The third-order valence-electron chi connectivity index (χ3n) is 6.22. The molecule has 1 aliphatic heterocycles. The smallest absolute Gasteiger partial charge is 0.303 e. The zero-order valence-corrected chi connectivity index (χ0v) is 18.8. The molecular weight excluding hydrogens is 396 g/mol. The monoisotopic (exact) mass is 424 g/mol. The maximum atomic E-state index is 11.9. The van der Waals surface area contributed by atoms with Gasteiger partial charge >= 0.3 is 5.97 Å². The Morgan fingerprint density at radius 3 is 2.61 bits per heavy atom. The summed E-state index contributed by atoms with van der Waals surface area (Å²) in [6.07, 6.45) is 1.55. The Balaban J connectivity index is 1.93. The van der Waals surface area contributed by atoms with Gasteiger partial charge in [0, 0.05) is 31.1 Å². The Morgan fingerprint density at radius 2 is 2.00 bits per heavy atom. The predicted octanol–water partition coefficient (Wildman–Crippen LogP) is 5.05. The van der Waals surface area contributed by atoms with E-state index in [0.717, 1.165) is 29.7 Å². The van der Waals surface area contributed by atoms with E-state index in [2.05, 4.69) is 37.4 Å². The first-order valence-electron chi connectivity index (χ1n) is 9.77. The highest BCUT2D eigenvalue weighted by Crippen LogP contribution is 2.64. The van der Waals surface area contributed by atoms with E-state index in [1.807, 2.05) is 0 Å². The van der Waals surface area contributed by atoms with Gasteiger partial charge in [0.2, 0.25) is 0 Å². The van der Waals surface area contributed by atoms with Gasteiger partial charge in [0.1, 0.15) is 11.9 Å². The van der Waals surface area contributed by atoms with Crippen LogP contribution in [0.3, 0.4) is 0 Å². The summed E-state index contributed by atoms with van der Waals surface area (Å²) in [5.74, 6) is 4.19. The Labute approximate surface area is 174 Å². The lowest BCUT2D eigenvalue weighted by atomic mass is 9.86. The molecular formula is C21H28O5S2. The Bertz CT molecular complexity index is 806. The maximum Gasteiger partial charge on any atom is 0.303 e. The topological polar surface area (TPSA) is 57.9 Å². The van der Waals surface area contributed by atoms with E-state index < -0.39 is 0 Å². The molecule has 0 amide bonds. The zero-order chi connectivity index (χ0) is 20.1. The Morgan fingerprint density at radius 1 is 1.29 bits per heavy atom. The van der Waals surface area contributed by atoms with Crippen LogP contribution in [0.25, 0.3) is 5.57 Å². The van der Waals surface area contributed by atoms with Crippen LogP contribution >= 0.6 is 23.5 Å². The van der Waals surface area contributed by atoms with Crippen LogP contribution in [-0.2, 0) is 20.9 Å². The van der Waals surface area contributed by atoms with Crippen molar-refractivity contribution in [1.29, 1.82) is 0 Å². The van der Waals surface area contributed by atoms with Crippen molar-refractivity contribution in [2.24, 2.45) is 11.8 Å². The number of carbonyl (C=O) groups excluding carboxylic acids is 1. The van der Waals surface area contributed by atoms with E-state index in [4.69, 9.17) is 18.6 Å². The van der Waals surface area contributed by atoms with Gasteiger partial charge in [-0.1, -0.05) is 6.92 Å². The molecule has 154 valence electrons. The van der Waals surface area contributed by atoms with Crippen LogP contribution in [0.1, 0.15) is 56.6 Å². The van der Waals surface area contributed by atoms with E-state index in [9.17, 15) is 4.79 Å². The van der Waals surface area contributed by atoms with Crippen LogP contribution in [0, 0.1) is 11.8 Å². The summed E-state index contributed by atoms with van der Waals surface area (Å²) in [5.41, 5.74) is 4.48. The normalized spacial score (nSPS) is 28.2. The second-order valence-electron chi connectivity index (χ2n) is 7.86. The molecule has 0 N–H and O–H groups in total. The number of rotatable bonds is 4. The van der Waals surface area contributed by atoms with Gasteiger partial charge in [-0.15, -0.1) is 23.5 Å². The maximum absolute atomic E-state index is 11.9. The van der Waals surface area contributed by atoms with E-state index in [1.54, 1.807) is 14.2 Å². The molecule has 0 radical (unpaired) electrons. The average Bonchev–Trinajstić information content (AvgIpc) is 3.31. The van der Waals surface area contributed by atoms with Crippen LogP contribution in [-0.4, -0.2) is 35.8 Å². The van der Waals surface area contributed by atoms with Crippen molar-refractivity contribution in [2.75, 3.05) is 25.7 Å².